The van der Waals surface area contributed by atoms with Crippen LogP contribution in [0.25, 0.3) is 34.3 Å². The Labute approximate surface area is 194 Å². The first-order valence-corrected chi connectivity index (χ1v) is 10.4. The van der Waals surface area contributed by atoms with E-state index in [1.165, 1.54) is 0 Å². The highest BCUT2D eigenvalue weighted by Gasteiger charge is 2.22. The Bertz CT molecular complexity index is 1320. The van der Waals surface area contributed by atoms with E-state index in [9.17, 15) is 5.26 Å². The highest BCUT2D eigenvalue weighted by Crippen LogP contribution is 2.29. The molecule has 170 valence electrons. The highest BCUT2D eigenvalue weighted by molar-refractivity contribution is 5.64. The summed E-state index contributed by atoms with van der Waals surface area (Å²) in [7, 11) is 0. The van der Waals surface area contributed by atoms with Crippen LogP contribution in [0.4, 0.5) is 5.69 Å². The van der Waals surface area contributed by atoms with Gasteiger partial charge in [0.2, 0.25) is 5.89 Å². The van der Waals surface area contributed by atoms with E-state index in [4.69, 9.17) is 14.5 Å². The van der Waals surface area contributed by atoms with Gasteiger partial charge in [-0.15, -0.1) is 10.2 Å². The fourth-order valence-corrected chi connectivity index (χ4v) is 3.15. The quantitative estimate of drug-likeness (QED) is 0.428. The van der Waals surface area contributed by atoms with Crippen LogP contribution in [-0.4, -0.2) is 43.4 Å². The molecule has 9 nitrogen and oxygen atoms in total. The third kappa shape index (κ3) is 4.71. The molecule has 2 N–H and O–H groups in total. The van der Waals surface area contributed by atoms with Crippen molar-refractivity contribution in [3.63, 3.8) is 0 Å². The van der Waals surface area contributed by atoms with Gasteiger partial charge in [-0.1, -0.05) is 0 Å². The molecule has 0 aliphatic heterocycles. The minimum atomic E-state index is -0.721. The van der Waals surface area contributed by atoms with Crippen LogP contribution in [0, 0.1) is 18.3 Å². The summed E-state index contributed by atoms with van der Waals surface area (Å²) in [5, 5.41) is 29.8. The van der Waals surface area contributed by atoms with Crippen molar-refractivity contribution in [1.82, 2.24) is 25.1 Å². The molecule has 0 spiro atoms. The third-order valence-electron chi connectivity index (χ3n) is 5.13. The lowest BCUT2D eigenvalue weighted by Gasteiger charge is -2.15. The topological polar surface area (TPSA) is 134 Å². The number of hydrogen-bond acceptors (Lipinski definition) is 9. The van der Waals surface area contributed by atoms with Crippen molar-refractivity contribution >= 4 is 5.69 Å². The Morgan fingerprint density at radius 3 is 2.58 bits per heavy atom. The molecule has 3 aromatic heterocycles. The van der Waals surface area contributed by atoms with Crippen molar-refractivity contribution in [2.75, 3.05) is 18.5 Å². The minimum absolute atomic E-state index is 0. The first-order chi connectivity index (χ1) is 15.9. The molecule has 0 bridgehead atoms. The monoisotopic (exact) mass is 445 g/mol. The molecule has 0 radical (unpaired) electrons. The number of nitrogens with zero attached hydrogens (tertiary/aromatic N) is 6. The van der Waals surface area contributed by atoms with Crippen LogP contribution >= 0.6 is 0 Å². The zero-order valence-electron chi connectivity index (χ0n) is 18.6. The molecule has 1 aromatic carbocycles. The lowest BCUT2D eigenvalue weighted by Crippen LogP contribution is -2.15. The maximum absolute atomic E-state index is 9.43. The minimum Gasteiger partial charge on any atom is -0.415 e. The molecule has 33 heavy (non-hydrogen) atoms. The molecule has 0 saturated heterocycles. The molecule has 0 unspecified atom stereocenters. The number of aliphatic hydroxyl groups is 1. The number of anilines is 1. The summed E-state index contributed by atoms with van der Waals surface area (Å²) in [6, 6.07) is 13.4. The van der Waals surface area contributed by atoms with Gasteiger partial charge >= 0.3 is 0 Å². The maximum Gasteiger partial charge on any atom is 0.268 e. The van der Waals surface area contributed by atoms with Crippen molar-refractivity contribution in [3.8, 4) is 40.4 Å². The van der Waals surface area contributed by atoms with Gasteiger partial charge in [-0.25, -0.2) is 4.98 Å². The molecular weight excluding hydrogens is 418 g/mol. The molecule has 0 fully saturated rings. The largest absolute Gasteiger partial charge is 0.415 e. The summed E-state index contributed by atoms with van der Waals surface area (Å²) in [6.45, 7) is 6.01. The molecule has 0 aliphatic rings. The Morgan fingerprint density at radius 2 is 1.85 bits per heavy atom. The number of hydrogen-bond donors (Lipinski definition) is 2. The van der Waals surface area contributed by atoms with E-state index in [1.807, 2.05) is 57.2 Å². The molecule has 9 heteroatoms. The van der Waals surface area contributed by atoms with Gasteiger partial charge in [-0.05, 0) is 57.2 Å². The van der Waals surface area contributed by atoms with Crippen molar-refractivity contribution in [1.29, 1.82) is 5.26 Å². The number of rotatable bonds is 7. The molecule has 4 aromatic rings. The van der Waals surface area contributed by atoms with Crippen LogP contribution in [0.1, 0.15) is 28.1 Å². The van der Waals surface area contributed by atoms with Crippen LogP contribution in [0.2, 0.25) is 0 Å². The Balaban J connectivity index is 0.00000216. The second kappa shape index (κ2) is 9.14. The predicted molar refractivity (Wildman–Crippen MR) is 127 cm³/mol. The third-order valence-corrected chi connectivity index (χ3v) is 5.13. The van der Waals surface area contributed by atoms with E-state index in [0.717, 1.165) is 16.8 Å². The Kier molecular flexibility index (Phi) is 6.11. The zero-order valence-corrected chi connectivity index (χ0v) is 18.6. The number of aryl methyl sites for hydroxylation is 1. The van der Waals surface area contributed by atoms with Gasteiger partial charge in [0.1, 0.15) is 5.69 Å². The van der Waals surface area contributed by atoms with Gasteiger partial charge in [0.15, 0.2) is 0 Å². The lowest BCUT2D eigenvalue weighted by molar-refractivity contribution is 0.311. The molecule has 4 rings (SSSR count). The Hall–Kier alpha value is -4.16. The van der Waals surface area contributed by atoms with E-state index in [2.05, 4.69) is 31.6 Å². The van der Waals surface area contributed by atoms with Gasteiger partial charge < -0.3 is 14.8 Å². The van der Waals surface area contributed by atoms with Crippen LogP contribution in [0.15, 0.2) is 53.2 Å². The fraction of sp³-hybridized carbons (Fsp3) is 0.250. The number of pyridine rings is 1. The Morgan fingerprint density at radius 1 is 1.09 bits per heavy atom. The lowest BCUT2D eigenvalue weighted by atomic mass is 9.90. The van der Waals surface area contributed by atoms with Crippen LogP contribution in [-0.2, 0) is 5.41 Å². The summed E-state index contributed by atoms with van der Waals surface area (Å²) in [6.07, 6.45) is 3.33. The molecule has 0 aliphatic carbocycles. The van der Waals surface area contributed by atoms with E-state index in [0.29, 0.717) is 35.2 Å². The summed E-state index contributed by atoms with van der Waals surface area (Å²) >= 11 is 0. The van der Waals surface area contributed by atoms with Gasteiger partial charge in [-0.2, -0.15) is 5.26 Å². The standard InChI is InChI=1S/C24H23N7O2.2H2/c1-15-21(23-31-30-22(33-23)16-4-6-18(7-5-16)26-10-11-32)29-19(13-28-15)17-8-9-27-20(12-17)24(2,3)14-25;;/h4-9,12-13,26,32H,10-11H2,1-3H3;2*1H. The van der Waals surface area contributed by atoms with Crippen LogP contribution in [0.5, 0.6) is 0 Å². The molecular formula is C24H27N7O2. The van der Waals surface area contributed by atoms with Gasteiger partial charge in [-0.3, -0.25) is 9.97 Å². The zero-order chi connectivity index (χ0) is 23.4. The fourth-order valence-electron chi connectivity index (χ4n) is 3.15. The number of aromatic nitrogens is 5. The summed E-state index contributed by atoms with van der Waals surface area (Å²) < 4.78 is 5.90. The van der Waals surface area contributed by atoms with Gasteiger partial charge in [0.05, 0.1) is 41.4 Å². The van der Waals surface area contributed by atoms with Crippen molar-refractivity contribution < 1.29 is 12.4 Å². The SMILES string of the molecule is Cc1ncc(-c2ccnc(C(C)(C)C#N)c2)nc1-c1nnc(-c2ccc(NCCO)cc2)o1.[HH].[HH]. The van der Waals surface area contributed by atoms with E-state index in [1.54, 1.807) is 12.4 Å². The average molecular weight is 446 g/mol. The maximum atomic E-state index is 9.43. The smallest absolute Gasteiger partial charge is 0.268 e. The number of nitriles is 1. The molecule has 0 saturated carbocycles. The molecule has 0 atom stereocenters. The molecule has 3 heterocycles. The predicted octanol–water partition coefficient (Wildman–Crippen LogP) is 4.26. The highest BCUT2D eigenvalue weighted by atomic mass is 16.4. The first-order valence-electron chi connectivity index (χ1n) is 10.4. The van der Waals surface area contributed by atoms with E-state index in [-0.39, 0.29) is 15.4 Å². The van der Waals surface area contributed by atoms with Crippen molar-refractivity contribution in [3.05, 3.63) is 60.2 Å². The van der Waals surface area contributed by atoms with Crippen LogP contribution in [0.3, 0.4) is 0 Å². The van der Waals surface area contributed by atoms with Gasteiger partial charge in [0.25, 0.3) is 5.89 Å². The number of aliphatic hydroxyl groups excluding tert-OH is 1. The summed E-state index contributed by atoms with van der Waals surface area (Å²) in [5.41, 5.74) is 4.15. The summed E-state index contributed by atoms with van der Waals surface area (Å²) in [4.78, 5) is 13.5. The second-order valence-electron chi connectivity index (χ2n) is 8.00. The van der Waals surface area contributed by atoms with E-state index < -0.39 is 5.41 Å². The van der Waals surface area contributed by atoms with Gasteiger partial charge in [0, 0.05) is 32.4 Å². The van der Waals surface area contributed by atoms with Crippen molar-refractivity contribution in [2.45, 2.75) is 26.2 Å². The number of nitrogens with one attached hydrogen (secondary N) is 1. The van der Waals surface area contributed by atoms with E-state index >= 15 is 0 Å². The van der Waals surface area contributed by atoms with Crippen LogP contribution < -0.4 is 5.32 Å². The summed E-state index contributed by atoms with van der Waals surface area (Å²) in [5.74, 6) is 0.637. The average Bonchev–Trinajstić information content (AvgIpc) is 3.33. The number of benzene rings is 1. The first kappa shape index (κ1) is 22.0. The van der Waals surface area contributed by atoms with Crippen molar-refractivity contribution in [2.24, 2.45) is 0 Å². The molecule has 0 amide bonds. The normalized spacial score (nSPS) is 11.2. The second-order valence-corrected chi connectivity index (χ2v) is 8.00.